The highest BCUT2D eigenvalue weighted by molar-refractivity contribution is 6.06. The fourth-order valence-corrected chi connectivity index (χ4v) is 4.83. The van der Waals surface area contributed by atoms with Crippen molar-refractivity contribution in [2.24, 2.45) is 0 Å². The number of nitrogens with zero attached hydrogens (tertiary/aromatic N) is 4. The van der Waals surface area contributed by atoms with Gasteiger partial charge < -0.3 is 29.7 Å². The summed E-state index contributed by atoms with van der Waals surface area (Å²) in [6.07, 6.45) is 1.35. The van der Waals surface area contributed by atoms with Crippen LogP contribution in [0.15, 0.2) is 66.9 Å². The summed E-state index contributed by atoms with van der Waals surface area (Å²) in [5.41, 5.74) is 3.14. The highest BCUT2D eigenvalue weighted by atomic mass is 19.1. The number of carbonyl (C=O) groups excluding carboxylic acids is 1. The second-order valence-electron chi connectivity index (χ2n) is 10.6. The van der Waals surface area contributed by atoms with Gasteiger partial charge in [0.25, 0.3) is 5.91 Å². The average molecular weight is 601 g/mol. The zero-order chi connectivity index (χ0) is 31.1. The molecule has 10 nitrogen and oxygen atoms in total. The Morgan fingerprint density at radius 3 is 2.43 bits per heavy atom. The van der Waals surface area contributed by atoms with E-state index in [-0.39, 0.29) is 23.1 Å². The van der Waals surface area contributed by atoms with Crippen LogP contribution in [0.25, 0.3) is 0 Å². The van der Waals surface area contributed by atoms with Crippen LogP contribution < -0.4 is 24.8 Å². The number of amides is 1. The third kappa shape index (κ3) is 7.61. The van der Waals surface area contributed by atoms with Crippen molar-refractivity contribution in [2.75, 3.05) is 64.1 Å². The second kappa shape index (κ2) is 14.2. The lowest BCUT2D eigenvalue weighted by molar-refractivity contribution is 0.102. The molecule has 5 rings (SSSR count). The molecule has 3 aromatic carbocycles. The number of piperazine rings is 1. The normalized spacial score (nSPS) is 13.8. The number of rotatable bonds is 11. The molecule has 1 saturated heterocycles. The Bertz CT molecular complexity index is 1590. The molecule has 1 aliphatic rings. The number of hydrogen-bond acceptors (Lipinski definition) is 9. The largest absolute Gasteiger partial charge is 0.493 e. The predicted octanol–water partition coefficient (Wildman–Crippen LogP) is 5.66. The quantitative estimate of drug-likeness (QED) is 0.226. The SMILES string of the molecule is COc1cc(Nc2ncc(C(=O)Nc3c(C)cccc3C)c(Oc3ccccc3F)n2)ccc1OCCN1CCN(C)CC1. The fraction of sp³-hybridized carbons (Fsp3) is 0.303. The molecule has 0 radical (unpaired) electrons. The van der Waals surface area contributed by atoms with Gasteiger partial charge in [0.05, 0.1) is 7.11 Å². The first-order valence-corrected chi connectivity index (χ1v) is 14.5. The molecule has 0 spiro atoms. The van der Waals surface area contributed by atoms with Crippen molar-refractivity contribution in [2.45, 2.75) is 13.8 Å². The van der Waals surface area contributed by atoms with E-state index in [1.165, 1.54) is 18.3 Å². The average Bonchev–Trinajstić information content (AvgIpc) is 3.02. The highest BCUT2D eigenvalue weighted by Gasteiger charge is 2.20. The lowest BCUT2D eigenvalue weighted by Gasteiger charge is -2.32. The summed E-state index contributed by atoms with van der Waals surface area (Å²) in [6, 6.07) is 17.0. The van der Waals surface area contributed by atoms with E-state index in [9.17, 15) is 9.18 Å². The lowest BCUT2D eigenvalue weighted by atomic mass is 10.1. The number of anilines is 3. The molecule has 44 heavy (non-hydrogen) atoms. The van der Waals surface area contributed by atoms with Crippen molar-refractivity contribution in [3.8, 4) is 23.1 Å². The third-order valence-corrected chi connectivity index (χ3v) is 7.44. The molecule has 0 bridgehead atoms. The minimum absolute atomic E-state index is 0.0446. The van der Waals surface area contributed by atoms with Crippen molar-refractivity contribution in [3.63, 3.8) is 0 Å². The maximum Gasteiger partial charge on any atom is 0.262 e. The fourth-order valence-electron chi connectivity index (χ4n) is 4.83. The summed E-state index contributed by atoms with van der Waals surface area (Å²) in [7, 11) is 3.71. The van der Waals surface area contributed by atoms with Gasteiger partial charge in [-0.2, -0.15) is 4.98 Å². The number of methoxy groups -OCH3 is 1. The smallest absolute Gasteiger partial charge is 0.262 e. The molecule has 1 fully saturated rings. The van der Waals surface area contributed by atoms with E-state index >= 15 is 0 Å². The van der Waals surface area contributed by atoms with Gasteiger partial charge in [-0.25, -0.2) is 9.37 Å². The summed E-state index contributed by atoms with van der Waals surface area (Å²) in [4.78, 5) is 26.9. The Morgan fingerprint density at radius 2 is 1.70 bits per heavy atom. The monoisotopic (exact) mass is 600 g/mol. The maximum absolute atomic E-state index is 14.5. The zero-order valence-corrected chi connectivity index (χ0v) is 25.4. The van der Waals surface area contributed by atoms with E-state index < -0.39 is 11.7 Å². The molecule has 2 heterocycles. The van der Waals surface area contributed by atoms with E-state index in [1.807, 2.05) is 44.2 Å². The van der Waals surface area contributed by atoms with Crippen LogP contribution in [0.2, 0.25) is 0 Å². The van der Waals surface area contributed by atoms with Crippen LogP contribution in [0.5, 0.6) is 23.1 Å². The molecule has 0 saturated carbocycles. The number of nitrogens with one attached hydrogen (secondary N) is 2. The number of halogens is 1. The van der Waals surface area contributed by atoms with E-state index in [0.29, 0.717) is 29.5 Å². The summed E-state index contributed by atoms with van der Waals surface area (Å²) >= 11 is 0. The number of aromatic nitrogens is 2. The summed E-state index contributed by atoms with van der Waals surface area (Å²) in [6.45, 7) is 9.33. The van der Waals surface area contributed by atoms with Crippen LogP contribution in [-0.4, -0.2) is 79.2 Å². The molecular formula is C33H37FN6O4. The minimum atomic E-state index is -0.588. The van der Waals surface area contributed by atoms with Crippen LogP contribution in [0.1, 0.15) is 21.5 Å². The Labute approximate surface area is 256 Å². The summed E-state index contributed by atoms with van der Waals surface area (Å²) < 4.78 is 32.0. The van der Waals surface area contributed by atoms with Gasteiger partial charge >= 0.3 is 0 Å². The van der Waals surface area contributed by atoms with Gasteiger partial charge in [-0.3, -0.25) is 9.69 Å². The van der Waals surface area contributed by atoms with Gasteiger partial charge in [0, 0.05) is 56.4 Å². The van der Waals surface area contributed by atoms with Gasteiger partial charge in [-0.15, -0.1) is 0 Å². The number of para-hydroxylation sites is 2. The van der Waals surface area contributed by atoms with Crippen LogP contribution in [-0.2, 0) is 0 Å². The third-order valence-electron chi connectivity index (χ3n) is 7.44. The first-order chi connectivity index (χ1) is 21.3. The van der Waals surface area contributed by atoms with Gasteiger partial charge in [0.15, 0.2) is 23.1 Å². The van der Waals surface area contributed by atoms with Crippen molar-refractivity contribution < 1.29 is 23.4 Å². The number of hydrogen-bond donors (Lipinski definition) is 2. The summed E-state index contributed by atoms with van der Waals surface area (Å²) in [5, 5.41) is 6.03. The van der Waals surface area contributed by atoms with E-state index in [0.717, 1.165) is 43.9 Å². The molecule has 11 heteroatoms. The van der Waals surface area contributed by atoms with Gasteiger partial charge in [-0.05, 0) is 56.3 Å². The Balaban J connectivity index is 1.34. The van der Waals surface area contributed by atoms with Crippen LogP contribution >= 0.6 is 0 Å². The molecule has 0 aliphatic carbocycles. The van der Waals surface area contributed by atoms with Crippen molar-refractivity contribution in [3.05, 3.63) is 89.4 Å². The van der Waals surface area contributed by atoms with Crippen molar-refractivity contribution >= 4 is 23.2 Å². The number of carbonyl (C=O) groups is 1. The van der Waals surface area contributed by atoms with Crippen LogP contribution in [0, 0.1) is 19.7 Å². The highest BCUT2D eigenvalue weighted by Crippen LogP contribution is 2.32. The molecule has 230 valence electrons. The number of ether oxygens (including phenoxy) is 3. The standard InChI is InChI=1S/C33H37FN6O4/c1-22-8-7-9-23(2)30(22)37-31(41)25-21-35-33(38-32(25)44-27-11-6-5-10-26(27)34)36-24-12-13-28(29(20-24)42-4)43-19-18-40-16-14-39(3)15-17-40/h5-13,20-21H,14-19H2,1-4H3,(H,37,41)(H,35,36,38). The zero-order valence-electron chi connectivity index (χ0n) is 25.4. The van der Waals surface area contributed by atoms with E-state index in [1.54, 1.807) is 25.3 Å². The molecular weight excluding hydrogens is 563 g/mol. The maximum atomic E-state index is 14.5. The summed E-state index contributed by atoms with van der Waals surface area (Å²) in [5.74, 6) is 0.0571. The molecule has 0 atom stereocenters. The van der Waals surface area contributed by atoms with Gasteiger partial charge in [-0.1, -0.05) is 30.3 Å². The molecule has 2 N–H and O–H groups in total. The first kappa shape index (κ1) is 30.7. The first-order valence-electron chi connectivity index (χ1n) is 14.5. The number of aryl methyl sites for hydroxylation is 2. The van der Waals surface area contributed by atoms with Gasteiger partial charge in [0.2, 0.25) is 11.8 Å². The van der Waals surface area contributed by atoms with Crippen LogP contribution in [0.3, 0.4) is 0 Å². The molecule has 1 aromatic heterocycles. The molecule has 1 amide bonds. The topological polar surface area (TPSA) is 101 Å². The van der Waals surface area contributed by atoms with E-state index in [4.69, 9.17) is 14.2 Å². The Hall–Kier alpha value is -4.74. The van der Waals surface area contributed by atoms with Crippen molar-refractivity contribution in [1.82, 2.24) is 19.8 Å². The Morgan fingerprint density at radius 1 is 0.955 bits per heavy atom. The van der Waals surface area contributed by atoms with Crippen molar-refractivity contribution in [1.29, 1.82) is 0 Å². The number of likely N-dealkylation sites (N-methyl/N-ethyl adjacent to an activating group) is 1. The molecule has 0 unspecified atom stereocenters. The lowest BCUT2D eigenvalue weighted by Crippen LogP contribution is -2.45. The second-order valence-corrected chi connectivity index (χ2v) is 10.6. The predicted molar refractivity (Wildman–Crippen MR) is 168 cm³/mol. The van der Waals surface area contributed by atoms with Crippen LogP contribution in [0.4, 0.5) is 21.7 Å². The minimum Gasteiger partial charge on any atom is -0.493 e. The number of benzene rings is 3. The molecule has 1 aliphatic heterocycles. The molecule has 4 aromatic rings. The van der Waals surface area contributed by atoms with E-state index in [2.05, 4.69) is 37.4 Å². The van der Waals surface area contributed by atoms with Gasteiger partial charge in [0.1, 0.15) is 12.2 Å². The Kier molecular flexibility index (Phi) is 9.88.